The van der Waals surface area contributed by atoms with Crippen LogP contribution in [-0.2, 0) is 6.16 Å². The zero-order chi connectivity index (χ0) is 20.3. The van der Waals surface area contributed by atoms with Gasteiger partial charge in [0, 0.05) is 0 Å². The third kappa shape index (κ3) is 3.27. The zero-order valence-electron chi connectivity index (χ0n) is 15.6. The maximum atomic E-state index is 12.1. The van der Waals surface area contributed by atoms with Crippen molar-refractivity contribution in [1.29, 1.82) is 0 Å². The summed E-state index contributed by atoms with van der Waals surface area (Å²) in [5.41, 5.74) is -0.484. The molecule has 3 aromatic carbocycles. The van der Waals surface area contributed by atoms with E-state index in [0.717, 1.165) is 22.2 Å². The predicted octanol–water partition coefficient (Wildman–Crippen LogP) is 4.53. The van der Waals surface area contributed by atoms with Crippen LogP contribution in [0.4, 0.5) is 0 Å². The van der Waals surface area contributed by atoms with Crippen molar-refractivity contribution < 1.29 is 9.52 Å². The Balaban J connectivity index is 2.09. The van der Waals surface area contributed by atoms with E-state index in [0.29, 0.717) is 11.9 Å². The SMILES string of the molecule is O=c1cc(CP(Cl)(c2ccccc2)(c2ccccc2)c2ccccc2)occ1O. The Labute approximate surface area is 173 Å². The molecule has 0 spiro atoms. The summed E-state index contributed by atoms with van der Waals surface area (Å²) in [7, 11) is 0. The van der Waals surface area contributed by atoms with Crippen molar-refractivity contribution in [3.05, 3.63) is 119 Å². The van der Waals surface area contributed by atoms with Crippen LogP contribution in [0.2, 0.25) is 0 Å². The molecule has 0 aliphatic rings. The molecular weight excluding hydrogens is 403 g/mol. The van der Waals surface area contributed by atoms with Gasteiger partial charge in [-0.05, 0) is 0 Å². The topological polar surface area (TPSA) is 50.4 Å². The molecule has 1 aromatic heterocycles. The van der Waals surface area contributed by atoms with Crippen molar-refractivity contribution in [3.8, 4) is 5.75 Å². The number of hydrogen-bond donors (Lipinski definition) is 1. The van der Waals surface area contributed by atoms with E-state index in [9.17, 15) is 9.90 Å². The van der Waals surface area contributed by atoms with Crippen LogP contribution in [0.3, 0.4) is 0 Å². The minimum absolute atomic E-state index is 0.306. The molecule has 0 amide bonds. The second kappa shape index (κ2) is 7.51. The molecule has 0 radical (unpaired) electrons. The van der Waals surface area contributed by atoms with Crippen LogP contribution in [0.15, 0.2) is 113 Å². The van der Waals surface area contributed by atoms with Gasteiger partial charge in [-0.3, -0.25) is 0 Å². The summed E-state index contributed by atoms with van der Waals surface area (Å²) < 4.78 is 5.62. The Hall–Kier alpha value is -2.87. The quantitative estimate of drug-likeness (QED) is 0.481. The summed E-state index contributed by atoms with van der Waals surface area (Å²) in [4.78, 5) is 12.1. The van der Waals surface area contributed by atoms with E-state index >= 15 is 0 Å². The molecule has 0 bridgehead atoms. The zero-order valence-corrected chi connectivity index (χ0v) is 17.3. The van der Waals surface area contributed by atoms with E-state index in [4.69, 9.17) is 15.7 Å². The van der Waals surface area contributed by atoms with Crippen LogP contribution in [0.1, 0.15) is 5.76 Å². The summed E-state index contributed by atoms with van der Waals surface area (Å²) in [5, 5.41) is 12.6. The Bertz CT molecular complexity index is 1080. The van der Waals surface area contributed by atoms with Gasteiger partial charge in [0.1, 0.15) is 0 Å². The van der Waals surface area contributed by atoms with Crippen molar-refractivity contribution in [3.63, 3.8) is 0 Å². The fourth-order valence-corrected chi connectivity index (χ4v) is 9.70. The van der Waals surface area contributed by atoms with E-state index in [1.165, 1.54) is 6.07 Å². The van der Waals surface area contributed by atoms with Crippen molar-refractivity contribution >= 4 is 33.1 Å². The number of aromatic hydroxyl groups is 1. The number of rotatable bonds is 5. The molecule has 0 unspecified atom stereocenters. The predicted molar refractivity (Wildman–Crippen MR) is 121 cm³/mol. The molecule has 4 rings (SSSR count). The summed E-state index contributed by atoms with van der Waals surface area (Å²) in [6.07, 6.45) is 1.39. The van der Waals surface area contributed by atoms with E-state index < -0.39 is 17.1 Å². The first kappa shape index (κ1) is 19.4. The molecule has 29 heavy (non-hydrogen) atoms. The molecule has 0 aliphatic heterocycles. The van der Waals surface area contributed by atoms with Gasteiger partial charge in [-0.25, -0.2) is 0 Å². The van der Waals surface area contributed by atoms with Gasteiger partial charge in [0.2, 0.25) is 0 Å². The van der Waals surface area contributed by atoms with Gasteiger partial charge in [-0.15, -0.1) is 0 Å². The van der Waals surface area contributed by atoms with Crippen molar-refractivity contribution in [2.75, 3.05) is 0 Å². The standard InChI is InChI=1S/C24H20ClO3P/c25-29(20-10-4-1-5-11-20,21-12-6-2-7-13-21,22-14-8-3-9-15-22)18-19-16-23(26)24(27)17-28-19/h1-17,27H,18H2. The van der Waals surface area contributed by atoms with Crippen LogP contribution < -0.4 is 21.3 Å². The van der Waals surface area contributed by atoms with Crippen LogP contribution in [0, 0.1) is 0 Å². The van der Waals surface area contributed by atoms with Crippen molar-refractivity contribution in [2.45, 2.75) is 6.16 Å². The molecule has 0 saturated heterocycles. The molecule has 0 aliphatic carbocycles. The Morgan fingerprint density at radius 3 is 1.55 bits per heavy atom. The monoisotopic (exact) mass is 422 g/mol. The average molecular weight is 423 g/mol. The minimum atomic E-state index is -3.56. The van der Waals surface area contributed by atoms with E-state index in [1.54, 1.807) is 0 Å². The fraction of sp³-hybridized carbons (Fsp3) is 0.0417. The molecule has 0 atom stereocenters. The van der Waals surface area contributed by atoms with Gasteiger partial charge in [-0.2, -0.15) is 0 Å². The molecule has 1 heterocycles. The number of benzene rings is 3. The molecule has 0 saturated carbocycles. The van der Waals surface area contributed by atoms with Crippen LogP contribution in [-0.4, -0.2) is 5.11 Å². The molecule has 5 heteroatoms. The average Bonchev–Trinajstić information content (AvgIpc) is 2.78. The van der Waals surface area contributed by atoms with Gasteiger partial charge >= 0.3 is 174 Å². The first-order chi connectivity index (χ1) is 14.0. The maximum absolute atomic E-state index is 12.1. The molecule has 4 aromatic rings. The molecular formula is C24H20ClO3P. The van der Waals surface area contributed by atoms with E-state index in [-0.39, 0.29) is 0 Å². The molecule has 146 valence electrons. The summed E-state index contributed by atoms with van der Waals surface area (Å²) >= 11 is 7.91. The molecule has 1 N–H and O–H groups in total. The van der Waals surface area contributed by atoms with E-state index in [2.05, 4.69) is 0 Å². The van der Waals surface area contributed by atoms with Gasteiger partial charge in [0.25, 0.3) is 0 Å². The van der Waals surface area contributed by atoms with Gasteiger partial charge in [0.15, 0.2) is 0 Å². The number of halogens is 1. The van der Waals surface area contributed by atoms with Crippen molar-refractivity contribution in [1.82, 2.24) is 0 Å². The second-order valence-electron chi connectivity index (χ2n) is 6.94. The Morgan fingerprint density at radius 2 is 1.17 bits per heavy atom. The first-order valence-corrected chi connectivity index (χ1v) is 12.6. The normalized spacial score (nSPS) is 12.8. The molecule has 3 nitrogen and oxygen atoms in total. The van der Waals surface area contributed by atoms with Gasteiger partial charge in [0.05, 0.1) is 0 Å². The summed E-state index contributed by atoms with van der Waals surface area (Å²) in [6.45, 7) is 0. The van der Waals surface area contributed by atoms with Gasteiger partial charge < -0.3 is 0 Å². The second-order valence-corrected chi connectivity index (χ2v) is 13.4. The summed E-state index contributed by atoms with van der Waals surface area (Å²) in [5.74, 6) is -3.55. The Morgan fingerprint density at radius 1 is 0.759 bits per heavy atom. The number of hydrogen-bond acceptors (Lipinski definition) is 3. The van der Waals surface area contributed by atoms with Crippen molar-refractivity contribution in [2.24, 2.45) is 0 Å². The fourth-order valence-electron chi connectivity index (χ4n) is 3.76. The summed E-state index contributed by atoms with van der Waals surface area (Å²) in [6, 6.07) is 31.2. The third-order valence-corrected chi connectivity index (χ3v) is 12.3. The van der Waals surface area contributed by atoms with Crippen LogP contribution in [0.25, 0.3) is 0 Å². The van der Waals surface area contributed by atoms with E-state index in [1.807, 2.05) is 91.0 Å². The Kier molecular flexibility index (Phi) is 5.04. The third-order valence-electron chi connectivity index (χ3n) is 5.20. The van der Waals surface area contributed by atoms with Crippen LogP contribution >= 0.6 is 17.2 Å². The van der Waals surface area contributed by atoms with Crippen LogP contribution in [0.5, 0.6) is 5.75 Å². The van der Waals surface area contributed by atoms with Gasteiger partial charge in [-0.1, -0.05) is 0 Å². The first-order valence-electron chi connectivity index (χ1n) is 9.23. The molecule has 0 fully saturated rings.